The van der Waals surface area contributed by atoms with Crippen LogP contribution >= 0.6 is 11.8 Å². The molecule has 0 radical (unpaired) electrons. The maximum atomic E-state index is 12.1. The third-order valence-corrected chi connectivity index (χ3v) is 5.38. The molecule has 0 atom stereocenters. The van der Waals surface area contributed by atoms with E-state index in [0.717, 1.165) is 17.5 Å². The molecule has 0 saturated heterocycles. The summed E-state index contributed by atoms with van der Waals surface area (Å²) in [5.74, 6) is 1.93. The molecule has 0 aliphatic carbocycles. The summed E-state index contributed by atoms with van der Waals surface area (Å²) in [6.07, 6.45) is 0.964. The molecule has 152 valence electrons. The van der Waals surface area contributed by atoms with Crippen molar-refractivity contribution in [3.63, 3.8) is 0 Å². The molecule has 30 heavy (non-hydrogen) atoms. The second-order valence-electron chi connectivity index (χ2n) is 6.49. The van der Waals surface area contributed by atoms with Gasteiger partial charge in [0.1, 0.15) is 5.75 Å². The quantitative estimate of drug-likeness (QED) is 0.351. The van der Waals surface area contributed by atoms with Gasteiger partial charge in [-0.05, 0) is 24.1 Å². The molecule has 7 nitrogen and oxygen atoms in total. The average Bonchev–Trinajstić information content (AvgIpc) is 3.26. The summed E-state index contributed by atoms with van der Waals surface area (Å²) in [6, 6.07) is 17.0. The summed E-state index contributed by atoms with van der Waals surface area (Å²) in [5.41, 5.74) is 3.31. The second-order valence-corrected chi connectivity index (χ2v) is 7.45. The summed E-state index contributed by atoms with van der Waals surface area (Å²) in [5, 5.41) is 4.53. The van der Waals surface area contributed by atoms with Crippen molar-refractivity contribution < 1.29 is 9.26 Å². The van der Waals surface area contributed by atoms with Gasteiger partial charge in [-0.25, -0.2) is 4.98 Å². The number of hydrogen-bond acceptors (Lipinski definition) is 7. The van der Waals surface area contributed by atoms with Crippen molar-refractivity contribution >= 4 is 11.8 Å². The molecule has 0 saturated carbocycles. The predicted octanol–water partition coefficient (Wildman–Crippen LogP) is 4.35. The number of H-pyrrole nitrogens is 1. The fourth-order valence-electron chi connectivity index (χ4n) is 2.95. The van der Waals surface area contributed by atoms with Gasteiger partial charge < -0.3 is 14.2 Å². The summed E-state index contributed by atoms with van der Waals surface area (Å²) < 4.78 is 10.7. The number of benzene rings is 2. The zero-order valence-electron chi connectivity index (χ0n) is 16.6. The number of ether oxygens (including phenoxy) is 1. The number of nitrogens with zero attached hydrogens (tertiary/aromatic N) is 3. The Morgan fingerprint density at radius 2 is 1.90 bits per heavy atom. The molecule has 0 amide bonds. The number of thioether (sulfide) groups is 1. The number of hydrogen-bond donors (Lipinski definition) is 1. The Bertz CT molecular complexity index is 1200. The van der Waals surface area contributed by atoms with Gasteiger partial charge in [0, 0.05) is 11.6 Å². The van der Waals surface area contributed by atoms with Crippen LogP contribution in [0.25, 0.3) is 22.6 Å². The Hall–Kier alpha value is -3.39. The van der Waals surface area contributed by atoms with E-state index >= 15 is 0 Å². The molecule has 8 heteroatoms. The highest BCUT2D eigenvalue weighted by atomic mass is 32.2. The summed E-state index contributed by atoms with van der Waals surface area (Å²) in [6.45, 7) is 2.10. The maximum absolute atomic E-state index is 12.1. The van der Waals surface area contributed by atoms with E-state index in [1.807, 2.05) is 48.5 Å². The first-order valence-corrected chi connectivity index (χ1v) is 10.4. The average molecular weight is 420 g/mol. The minimum Gasteiger partial charge on any atom is -0.496 e. The minimum absolute atomic E-state index is 0.206. The second kappa shape index (κ2) is 8.96. The molecule has 0 bridgehead atoms. The van der Waals surface area contributed by atoms with E-state index in [0.29, 0.717) is 34.1 Å². The van der Waals surface area contributed by atoms with E-state index in [2.05, 4.69) is 27.0 Å². The van der Waals surface area contributed by atoms with Crippen LogP contribution in [0.1, 0.15) is 18.4 Å². The summed E-state index contributed by atoms with van der Waals surface area (Å²) in [4.78, 5) is 23.8. The molecular weight excluding hydrogens is 400 g/mol. The van der Waals surface area contributed by atoms with Crippen LogP contribution in [0.5, 0.6) is 5.75 Å². The lowest BCUT2D eigenvalue weighted by molar-refractivity contribution is 0.390. The molecule has 2 aromatic carbocycles. The molecule has 0 spiro atoms. The van der Waals surface area contributed by atoms with Crippen molar-refractivity contribution in [1.82, 2.24) is 20.1 Å². The molecule has 0 aliphatic heterocycles. The van der Waals surface area contributed by atoms with Crippen molar-refractivity contribution in [1.29, 1.82) is 0 Å². The first-order valence-electron chi connectivity index (χ1n) is 9.45. The van der Waals surface area contributed by atoms with Crippen molar-refractivity contribution in [2.24, 2.45) is 0 Å². The van der Waals surface area contributed by atoms with Crippen molar-refractivity contribution in [2.45, 2.75) is 24.3 Å². The normalized spacial score (nSPS) is 10.9. The largest absolute Gasteiger partial charge is 0.496 e. The van der Waals surface area contributed by atoms with Crippen LogP contribution in [0.2, 0.25) is 0 Å². The van der Waals surface area contributed by atoms with Gasteiger partial charge in [0.05, 0.1) is 24.1 Å². The van der Waals surface area contributed by atoms with Gasteiger partial charge in [-0.1, -0.05) is 60.2 Å². The molecular formula is C22H20N4O3S. The lowest BCUT2D eigenvalue weighted by Crippen LogP contribution is -2.08. The lowest BCUT2D eigenvalue weighted by Gasteiger charge is -2.04. The van der Waals surface area contributed by atoms with E-state index in [4.69, 9.17) is 9.26 Å². The van der Waals surface area contributed by atoms with Gasteiger partial charge in [-0.3, -0.25) is 4.79 Å². The Morgan fingerprint density at radius 3 is 2.67 bits per heavy atom. The first kappa shape index (κ1) is 19.9. The van der Waals surface area contributed by atoms with Crippen molar-refractivity contribution in [3.05, 3.63) is 76.4 Å². The van der Waals surface area contributed by atoms with Crippen LogP contribution in [0.4, 0.5) is 0 Å². The van der Waals surface area contributed by atoms with Crippen LogP contribution in [0.3, 0.4) is 0 Å². The third kappa shape index (κ3) is 4.44. The Labute approximate surface area is 177 Å². The number of aromatic amines is 1. The molecule has 0 fully saturated rings. The van der Waals surface area contributed by atoms with E-state index < -0.39 is 0 Å². The van der Waals surface area contributed by atoms with Gasteiger partial charge in [-0.2, -0.15) is 4.98 Å². The van der Waals surface area contributed by atoms with E-state index in [-0.39, 0.29) is 5.56 Å². The van der Waals surface area contributed by atoms with E-state index in [1.54, 1.807) is 7.11 Å². The van der Waals surface area contributed by atoms with Gasteiger partial charge >= 0.3 is 0 Å². The molecule has 1 N–H and O–H groups in total. The monoisotopic (exact) mass is 420 g/mol. The highest BCUT2D eigenvalue weighted by Gasteiger charge is 2.14. The third-order valence-electron chi connectivity index (χ3n) is 4.53. The van der Waals surface area contributed by atoms with Crippen LogP contribution < -0.4 is 10.3 Å². The summed E-state index contributed by atoms with van der Waals surface area (Å²) in [7, 11) is 1.60. The van der Waals surface area contributed by atoms with Crippen LogP contribution in [-0.2, 0) is 12.2 Å². The Balaban J connectivity index is 1.51. The van der Waals surface area contributed by atoms with E-state index in [1.165, 1.54) is 23.4 Å². The number of aromatic nitrogens is 4. The molecule has 4 rings (SSSR count). The Kier molecular flexibility index (Phi) is 5.94. The van der Waals surface area contributed by atoms with Crippen molar-refractivity contribution in [3.8, 4) is 28.4 Å². The Morgan fingerprint density at radius 1 is 1.10 bits per heavy atom. The molecule has 0 aliphatic rings. The maximum Gasteiger partial charge on any atom is 0.252 e. The van der Waals surface area contributed by atoms with Crippen LogP contribution in [0, 0.1) is 0 Å². The van der Waals surface area contributed by atoms with Gasteiger partial charge in [0.15, 0.2) is 5.16 Å². The molecule has 4 aromatic rings. The number of methoxy groups -OCH3 is 1. The van der Waals surface area contributed by atoms with Crippen LogP contribution in [-0.4, -0.2) is 27.2 Å². The number of para-hydroxylation sites is 1. The smallest absolute Gasteiger partial charge is 0.252 e. The summed E-state index contributed by atoms with van der Waals surface area (Å²) >= 11 is 1.33. The zero-order valence-corrected chi connectivity index (χ0v) is 17.4. The first-order chi connectivity index (χ1) is 14.7. The highest BCUT2D eigenvalue weighted by Crippen LogP contribution is 2.28. The fraction of sp³-hybridized carbons (Fsp3) is 0.182. The molecule has 2 heterocycles. The zero-order chi connectivity index (χ0) is 20.9. The highest BCUT2D eigenvalue weighted by molar-refractivity contribution is 7.98. The number of rotatable bonds is 7. The SMILES string of the molecule is CCc1ccc(-c2cc(=O)[nH]c(SCc3nc(-c4ccccc4OC)no3)n2)cc1. The van der Waals surface area contributed by atoms with Gasteiger partial charge in [-0.15, -0.1) is 0 Å². The topological polar surface area (TPSA) is 93.9 Å². The fourth-order valence-corrected chi connectivity index (χ4v) is 3.66. The minimum atomic E-state index is -0.206. The molecule has 0 unspecified atom stereocenters. The van der Waals surface area contributed by atoms with Crippen LogP contribution in [0.15, 0.2) is 69.1 Å². The standard InChI is InChI=1S/C22H20N4O3S/c1-3-14-8-10-15(11-9-14)17-12-19(27)24-22(23-17)30-13-20-25-21(26-29-20)16-6-4-5-7-18(16)28-2/h4-12H,3,13H2,1-2H3,(H,23,24,27). The van der Waals surface area contributed by atoms with Gasteiger partial charge in [0.2, 0.25) is 11.7 Å². The number of nitrogens with one attached hydrogen (secondary N) is 1. The number of aryl methyl sites for hydroxylation is 1. The predicted molar refractivity (Wildman–Crippen MR) is 116 cm³/mol. The van der Waals surface area contributed by atoms with E-state index in [9.17, 15) is 4.79 Å². The molecule has 2 aromatic heterocycles. The lowest BCUT2D eigenvalue weighted by atomic mass is 10.1. The van der Waals surface area contributed by atoms with Gasteiger partial charge in [0.25, 0.3) is 5.56 Å². The van der Waals surface area contributed by atoms with Crippen molar-refractivity contribution in [2.75, 3.05) is 7.11 Å².